The maximum atomic E-state index is 12.1. The fraction of sp³-hybridized carbons (Fsp3) is 0.273. The van der Waals surface area contributed by atoms with Crippen LogP contribution >= 0.6 is 0 Å². The maximum Gasteiger partial charge on any atom is 0.265 e. The molecule has 0 amide bonds. The van der Waals surface area contributed by atoms with E-state index in [9.17, 15) is 4.39 Å². The van der Waals surface area contributed by atoms with E-state index < -0.39 is 6.01 Å². The van der Waals surface area contributed by atoms with Gasteiger partial charge >= 0.3 is 0 Å². The topological polar surface area (TPSA) is 9.23 Å². The second kappa shape index (κ2) is 4.65. The molecule has 0 N–H and O–H groups in total. The monoisotopic (exact) mass is 180 g/mol. The first-order valence-corrected chi connectivity index (χ1v) is 4.27. The smallest absolute Gasteiger partial charge is 0.265 e. The van der Waals surface area contributed by atoms with Gasteiger partial charge in [-0.15, -0.1) is 0 Å². The Bertz CT molecular complexity index is 277. The van der Waals surface area contributed by atoms with Gasteiger partial charge in [-0.2, -0.15) is 4.39 Å². The van der Waals surface area contributed by atoms with Gasteiger partial charge in [0.2, 0.25) is 0 Å². The minimum Gasteiger partial charge on any atom is -0.466 e. The SMILES string of the molecule is C=C(F)OCc1ccc(CC)cc1. The van der Waals surface area contributed by atoms with E-state index >= 15 is 0 Å². The minimum absolute atomic E-state index is 0.249. The summed E-state index contributed by atoms with van der Waals surface area (Å²) in [5.74, 6) is 0. The van der Waals surface area contributed by atoms with Crippen LogP contribution in [0.5, 0.6) is 0 Å². The molecule has 0 fully saturated rings. The number of hydrogen-bond donors (Lipinski definition) is 0. The summed E-state index contributed by atoms with van der Waals surface area (Å²) in [6.45, 7) is 5.36. The Morgan fingerprint density at radius 3 is 2.31 bits per heavy atom. The van der Waals surface area contributed by atoms with Crippen LogP contribution in [0.2, 0.25) is 0 Å². The molecule has 1 rings (SSSR count). The van der Waals surface area contributed by atoms with Crippen molar-refractivity contribution in [3.05, 3.63) is 48.0 Å². The van der Waals surface area contributed by atoms with Crippen LogP contribution in [0.1, 0.15) is 18.1 Å². The summed E-state index contributed by atoms with van der Waals surface area (Å²) in [4.78, 5) is 0. The fourth-order valence-electron chi connectivity index (χ4n) is 1.03. The quantitative estimate of drug-likeness (QED) is 0.646. The molecule has 0 radical (unpaired) electrons. The van der Waals surface area contributed by atoms with Crippen LogP contribution in [-0.2, 0) is 17.8 Å². The van der Waals surface area contributed by atoms with Crippen LogP contribution in [-0.4, -0.2) is 0 Å². The van der Waals surface area contributed by atoms with Crippen LogP contribution in [0.3, 0.4) is 0 Å². The highest BCUT2D eigenvalue weighted by molar-refractivity contribution is 5.21. The van der Waals surface area contributed by atoms with Gasteiger partial charge in [0, 0.05) is 0 Å². The van der Waals surface area contributed by atoms with Crippen LogP contribution in [0.15, 0.2) is 36.9 Å². The maximum absolute atomic E-state index is 12.1. The second-order valence-electron chi connectivity index (χ2n) is 2.81. The molecule has 0 aliphatic carbocycles. The molecule has 0 aliphatic heterocycles. The molecule has 0 bridgehead atoms. The molecule has 2 heteroatoms. The lowest BCUT2D eigenvalue weighted by atomic mass is 10.1. The van der Waals surface area contributed by atoms with Gasteiger partial charge in [-0.25, -0.2) is 0 Å². The van der Waals surface area contributed by atoms with E-state index in [4.69, 9.17) is 0 Å². The van der Waals surface area contributed by atoms with E-state index in [1.165, 1.54) is 5.56 Å². The Balaban J connectivity index is 2.54. The second-order valence-corrected chi connectivity index (χ2v) is 2.81. The van der Waals surface area contributed by atoms with Crippen molar-refractivity contribution in [1.29, 1.82) is 0 Å². The first kappa shape index (κ1) is 9.78. The first-order valence-electron chi connectivity index (χ1n) is 4.27. The van der Waals surface area contributed by atoms with Crippen molar-refractivity contribution >= 4 is 0 Å². The molecule has 0 saturated carbocycles. The van der Waals surface area contributed by atoms with Crippen LogP contribution in [0.25, 0.3) is 0 Å². The molecule has 0 aliphatic rings. The summed E-state index contributed by atoms with van der Waals surface area (Å²) in [5, 5.41) is 0. The van der Waals surface area contributed by atoms with E-state index in [2.05, 4.69) is 18.2 Å². The number of benzene rings is 1. The Morgan fingerprint density at radius 1 is 1.31 bits per heavy atom. The molecular weight excluding hydrogens is 167 g/mol. The van der Waals surface area contributed by atoms with E-state index in [1.54, 1.807) is 0 Å². The third-order valence-corrected chi connectivity index (χ3v) is 1.83. The summed E-state index contributed by atoms with van der Waals surface area (Å²) in [5.41, 5.74) is 2.22. The minimum atomic E-state index is -0.737. The first-order chi connectivity index (χ1) is 6.22. The average Bonchev–Trinajstić information content (AvgIpc) is 2.15. The average molecular weight is 180 g/mol. The number of halogens is 1. The summed E-state index contributed by atoms with van der Waals surface area (Å²) < 4.78 is 16.8. The van der Waals surface area contributed by atoms with Crippen molar-refractivity contribution in [2.24, 2.45) is 0 Å². The van der Waals surface area contributed by atoms with Crippen molar-refractivity contribution in [3.8, 4) is 0 Å². The van der Waals surface area contributed by atoms with Gasteiger partial charge in [-0.1, -0.05) is 31.2 Å². The van der Waals surface area contributed by atoms with Crippen molar-refractivity contribution in [1.82, 2.24) is 0 Å². The van der Waals surface area contributed by atoms with Crippen molar-refractivity contribution in [3.63, 3.8) is 0 Å². The molecule has 0 aromatic heterocycles. The third-order valence-electron chi connectivity index (χ3n) is 1.83. The largest absolute Gasteiger partial charge is 0.466 e. The Kier molecular flexibility index (Phi) is 3.50. The predicted octanol–water partition coefficient (Wildman–Crippen LogP) is 3.21. The highest BCUT2D eigenvalue weighted by atomic mass is 19.1. The molecular formula is C11H13FO. The molecule has 0 saturated heterocycles. The molecule has 0 spiro atoms. The Morgan fingerprint density at radius 2 is 1.85 bits per heavy atom. The third kappa shape index (κ3) is 3.28. The lowest BCUT2D eigenvalue weighted by Gasteiger charge is -2.03. The van der Waals surface area contributed by atoms with Crippen molar-refractivity contribution in [2.75, 3.05) is 0 Å². The zero-order valence-corrected chi connectivity index (χ0v) is 7.72. The Hall–Kier alpha value is -1.31. The molecule has 0 unspecified atom stereocenters. The normalized spacial score (nSPS) is 9.69. The molecule has 70 valence electrons. The lowest BCUT2D eigenvalue weighted by molar-refractivity contribution is 0.135. The predicted molar refractivity (Wildman–Crippen MR) is 50.9 cm³/mol. The summed E-state index contributed by atoms with van der Waals surface area (Å²) >= 11 is 0. The highest BCUT2D eigenvalue weighted by Crippen LogP contribution is 2.08. The van der Waals surface area contributed by atoms with Crippen molar-refractivity contribution in [2.45, 2.75) is 20.0 Å². The molecule has 1 aromatic rings. The van der Waals surface area contributed by atoms with E-state index in [0.29, 0.717) is 0 Å². The van der Waals surface area contributed by atoms with Gasteiger partial charge in [0.25, 0.3) is 6.01 Å². The van der Waals surface area contributed by atoms with E-state index in [-0.39, 0.29) is 6.61 Å². The summed E-state index contributed by atoms with van der Waals surface area (Å²) in [7, 11) is 0. The number of hydrogen-bond acceptors (Lipinski definition) is 1. The zero-order valence-electron chi connectivity index (χ0n) is 7.72. The molecule has 0 atom stereocenters. The van der Waals surface area contributed by atoms with Crippen molar-refractivity contribution < 1.29 is 9.13 Å². The van der Waals surface area contributed by atoms with Gasteiger partial charge in [0.1, 0.15) is 6.61 Å². The molecule has 1 aromatic carbocycles. The number of aryl methyl sites for hydroxylation is 1. The standard InChI is InChI=1S/C11H13FO/c1-3-10-4-6-11(7-5-10)8-13-9(2)12/h4-7H,2-3,8H2,1H3. The van der Waals surface area contributed by atoms with Gasteiger partial charge in [-0.3, -0.25) is 0 Å². The van der Waals surface area contributed by atoms with E-state index in [0.717, 1.165) is 12.0 Å². The molecule has 0 heterocycles. The zero-order chi connectivity index (χ0) is 9.68. The summed E-state index contributed by atoms with van der Waals surface area (Å²) in [6.07, 6.45) is 1.01. The van der Waals surface area contributed by atoms with Gasteiger partial charge in [0.05, 0.1) is 0 Å². The van der Waals surface area contributed by atoms with Gasteiger partial charge < -0.3 is 4.74 Å². The lowest BCUT2D eigenvalue weighted by Crippen LogP contribution is -1.89. The molecule has 13 heavy (non-hydrogen) atoms. The van der Waals surface area contributed by atoms with Gasteiger partial charge in [0.15, 0.2) is 0 Å². The van der Waals surface area contributed by atoms with Gasteiger partial charge in [-0.05, 0) is 24.1 Å². The Labute approximate surface area is 77.8 Å². The van der Waals surface area contributed by atoms with Crippen LogP contribution in [0, 0.1) is 0 Å². The number of ether oxygens (including phenoxy) is 1. The summed E-state index contributed by atoms with van der Waals surface area (Å²) in [6, 6.07) is 7.16. The molecule has 1 nitrogen and oxygen atoms in total. The fourth-order valence-corrected chi connectivity index (χ4v) is 1.03. The van der Waals surface area contributed by atoms with Crippen LogP contribution in [0.4, 0.5) is 4.39 Å². The highest BCUT2D eigenvalue weighted by Gasteiger charge is 1.95. The number of rotatable bonds is 4. The van der Waals surface area contributed by atoms with Crippen LogP contribution < -0.4 is 0 Å². The van der Waals surface area contributed by atoms with E-state index in [1.807, 2.05) is 24.3 Å².